The molecule has 1 unspecified atom stereocenters. The Kier molecular flexibility index (Phi) is 5.67. The maximum Gasteiger partial charge on any atom is 0.265 e. The molecule has 6 heteroatoms. The van der Waals surface area contributed by atoms with Gasteiger partial charge < -0.3 is 4.74 Å². The highest BCUT2D eigenvalue weighted by molar-refractivity contribution is 5.93. The van der Waals surface area contributed by atoms with Gasteiger partial charge in [0.05, 0.1) is 6.10 Å². The summed E-state index contributed by atoms with van der Waals surface area (Å²) >= 11 is 0. The molecule has 1 fully saturated rings. The van der Waals surface area contributed by atoms with Gasteiger partial charge in [-0.1, -0.05) is 6.92 Å². The molecule has 1 atom stereocenters. The van der Waals surface area contributed by atoms with Crippen molar-refractivity contribution in [3.05, 3.63) is 35.1 Å². The molecule has 1 aliphatic heterocycles. The van der Waals surface area contributed by atoms with Gasteiger partial charge in [-0.05, 0) is 37.6 Å². The lowest BCUT2D eigenvalue weighted by Gasteiger charge is -2.24. The lowest BCUT2D eigenvalue weighted by atomic mass is 10.1. The standard InChI is InChI=1S/C15H22FN3O2/c1-2-19(10-13-4-3-7-21-13)9-12-8-11(15(20)18-17)5-6-14(12)16/h5-6,8,13H,2-4,7,9-10,17H2,1H3,(H,18,20). The molecule has 1 heterocycles. The number of carbonyl (C=O) groups excluding carboxylic acids is 1. The first-order valence-corrected chi connectivity index (χ1v) is 7.27. The number of hydrogen-bond acceptors (Lipinski definition) is 4. The Bertz CT molecular complexity index is 490. The second-order valence-electron chi connectivity index (χ2n) is 5.24. The number of hydrogen-bond donors (Lipinski definition) is 2. The van der Waals surface area contributed by atoms with Crippen molar-refractivity contribution in [1.82, 2.24) is 10.3 Å². The van der Waals surface area contributed by atoms with Crippen LogP contribution in [0.2, 0.25) is 0 Å². The van der Waals surface area contributed by atoms with Crippen LogP contribution in [0.4, 0.5) is 4.39 Å². The van der Waals surface area contributed by atoms with E-state index in [1.54, 1.807) is 6.07 Å². The van der Waals surface area contributed by atoms with Crippen LogP contribution in [-0.2, 0) is 11.3 Å². The topological polar surface area (TPSA) is 67.6 Å². The van der Waals surface area contributed by atoms with Crippen molar-refractivity contribution < 1.29 is 13.9 Å². The average Bonchev–Trinajstić information content (AvgIpc) is 3.00. The molecule has 1 aliphatic rings. The van der Waals surface area contributed by atoms with E-state index < -0.39 is 5.91 Å². The first-order chi connectivity index (χ1) is 10.1. The summed E-state index contributed by atoms with van der Waals surface area (Å²) in [6.45, 7) is 4.87. The number of nitrogens with one attached hydrogen (secondary N) is 1. The maximum atomic E-state index is 13.9. The first-order valence-electron chi connectivity index (χ1n) is 7.27. The fourth-order valence-corrected chi connectivity index (χ4v) is 2.54. The Balaban J connectivity index is 2.06. The lowest BCUT2D eigenvalue weighted by Crippen LogP contribution is -2.32. The summed E-state index contributed by atoms with van der Waals surface area (Å²) in [5.41, 5.74) is 2.92. The zero-order valence-electron chi connectivity index (χ0n) is 12.3. The Morgan fingerprint density at radius 1 is 1.57 bits per heavy atom. The van der Waals surface area contributed by atoms with E-state index in [0.29, 0.717) is 17.7 Å². The Morgan fingerprint density at radius 2 is 2.38 bits per heavy atom. The summed E-state index contributed by atoms with van der Waals surface area (Å²) < 4.78 is 19.5. The molecular weight excluding hydrogens is 273 g/mol. The highest BCUT2D eigenvalue weighted by atomic mass is 19.1. The highest BCUT2D eigenvalue weighted by Crippen LogP contribution is 2.17. The fraction of sp³-hybridized carbons (Fsp3) is 0.533. The molecule has 1 amide bonds. The van der Waals surface area contributed by atoms with E-state index in [9.17, 15) is 9.18 Å². The van der Waals surface area contributed by atoms with Crippen molar-refractivity contribution in [2.75, 3.05) is 19.7 Å². The Hall–Kier alpha value is -1.50. The molecule has 0 saturated carbocycles. The monoisotopic (exact) mass is 295 g/mol. The minimum Gasteiger partial charge on any atom is -0.377 e. The molecule has 1 aromatic carbocycles. The summed E-state index contributed by atoms with van der Waals surface area (Å²) in [5, 5.41) is 0. The number of nitrogen functional groups attached to an aromatic ring is 1. The Labute approximate surface area is 124 Å². The summed E-state index contributed by atoms with van der Waals surface area (Å²) in [6.07, 6.45) is 2.36. The third-order valence-corrected chi connectivity index (χ3v) is 3.77. The largest absolute Gasteiger partial charge is 0.377 e. The summed E-state index contributed by atoms with van der Waals surface area (Å²) in [4.78, 5) is 13.6. The van der Waals surface area contributed by atoms with Crippen LogP contribution >= 0.6 is 0 Å². The van der Waals surface area contributed by atoms with Gasteiger partial charge in [-0.3, -0.25) is 15.1 Å². The minimum absolute atomic E-state index is 0.225. The van der Waals surface area contributed by atoms with Crippen molar-refractivity contribution in [2.45, 2.75) is 32.4 Å². The van der Waals surface area contributed by atoms with Gasteiger partial charge in [-0.2, -0.15) is 0 Å². The van der Waals surface area contributed by atoms with Crippen LogP contribution in [0, 0.1) is 5.82 Å². The number of rotatable bonds is 6. The number of carbonyl (C=O) groups is 1. The molecule has 1 saturated heterocycles. The SMILES string of the molecule is CCN(Cc1cc(C(=O)NN)ccc1F)CC1CCCO1. The molecule has 0 spiro atoms. The molecule has 21 heavy (non-hydrogen) atoms. The molecule has 0 bridgehead atoms. The van der Waals surface area contributed by atoms with E-state index in [4.69, 9.17) is 10.6 Å². The van der Waals surface area contributed by atoms with Crippen molar-refractivity contribution in [1.29, 1.82) is 0 Å². The molecule has 2 rings (SSSR count). The molecule has 116 valence electrons. The number of ether oxygens (including phenoxy) is 1. The smallest absolute Gasteiger partial charge is 0.265 e. The van der Waals surface area contributed by atoms with Crippen LogP contribution in [0.5, 0.6) is 0 Å². The van der Waals surface area contributed by atoms with Gasteiger partial charge in [-0.25, -0.2) is 10.2 Å². The zero-order chi connectivity index (χ0) is 15.2. The van der Waals surface area contributed by atoms with Crippen LogP contribution < -0.4 is 11.3 Å². The number of amides is 1. The van der Waals surface area contributed by atoms with Crippen molar-refractivity contribution in [3.63, 3.8) is 0 Å². The van der Waals surface area contributed by atoms with Crippen LogP contribution in [0.1, 0.15) is 35.7 Å². The number of likely N-dealkylation sites (N-methyl/N-ethyl adjacent to an activating group) is 1. The third kappa shape index (κ3) is 4.23. The van der Waals surface area contributed by atoms with Crippen molar-refractivity contribution in [3.8, 4) is 0 Å². The first kappa shape index (κ1) is 15.9. The van der Waals surface area contributed by atoms with Gasteiger partial charge in [0.2, 0.25) is 0 Å². The predicted molar refractivity (Wildman–Crippen MR) is 78.0 cm³/mol. The van der Waals surface area contributed by atoms with Gasteiger partial charge >= 0.3 is 0 Å². The van der Waals surface area contributed by atoms with Gasteiger partial charge in [-0.15, -0.1) is 0 Å². The second-order valence-corrected chi connectivity index (χ2v) is 5.24. The molecular formula is C15H22FN3O2. The molecule has 0 radical (unpaired) electrons. The van der Waals surface area contributed by atoms with Crippen molar-refractivity contribution in [2.24, 2.45) is 5.84 Å². The van der Waals surface area contributed by atoms with Gasteiger partial charge in [0.15, 0.2) is 0 Å². The van der Waals surface area contributed by atoms with E-state index in [-0.39, 0.29) is 11.9 Å². The number of halogens is 1. The Morgan fingerprint density at radius 3 is 3.00 bits per heavy atom. The van der Waals surface area contributed by atoms with Crippen LogP contribution in [0.25, 0.3) is 0 Å². The number of hydrazine groups is 1. The maximum absolute atomic E-state index is 13.9. The van der Waals surface area contributed by atoms with Crippen molar-refractivity contribution >= 4 is 5.91 Å². The number of nitrogens with zero attached hydrogens (tertiary/aromatic N) is 1. The summed E-state index contributed by atoms with van der Waals surface area (Å²) in [7, 11) is 0. The normalized spacial score (nSPS) is 18.2. The lowest BCUT2D eigenvalue weighted by molar-refractivity contribution is 0.0721. The van der Waals surface area contributed by atoms with Gasteiger partial charge in [0.25, 0.3) is 5.91 Å². The molecule has 3 N–H and O–H groups in total. The minimum atomic E-state index is -0.418. The van der Waals surface area contributed by atoms with E-state index in [1.807, 2.05) is 6.92 Å². The molecule has 0 aliphatic carbocycles. The molecule has 5 nitrogen and oxygen atoms in total. The summed E-state index contributed by atoms with van der Waals surface area (Å²) in [5.74, 6) is 4.38. The number of benzene rings is 1. The highest BCUT2D eigenvalue weighted by Gasteiger charge is 2.19. The van der Waals surface area contributed by atoms with E-state index in [0.717, 1.165) is 32.5 Å². The fourth-order valence-electron chi connectivity index (χ4n) is 2.54. The predicted octanol–water partition coefficient (Wildman–Crippen LogP) is 1.43. The molecule has 0 aromatic heterocycles. The summed E-state index contributed by atoms with van der Waals surface area (Å²) in [6, 6.07) is 4.28. The van der Waals surface area contributed by atoms with Crippen LogP contribution in [-0.4, -0.2) is 36.6 Å². The van der Waals surface area contributed by atoms with Crippen LogP contribution in [0.3, 0.4) is 0 Å². The quantitative estimate of drug-likeness (QED) is 0.473. The van der Waals surface area contributed by atoms with E-state index in [2.05, 4.69) is 10.3 Å². The van der Waals surface area contributed by atoms with Gasteiger partial charge in [0.1, 0.15) is 5.82 Å². The zero-order valence-corrected chi connectivity index (χ0v) is 12.3. The molecule has 1 aromatic rings. The van der Waals surface area contributed by atoms with Gasteiger partial charge in [0, 0.05) is 30.8 Å². The third-order valence-electron chi connectivity index (χ3n) is 3.77. The second kappa shape index (κ2) is 7.49. The number of nitrogens with two attached hydrogens (primary N) is 1. The van der Waals surface area contributed by atoms with E-state index >= 15 is 0 Å². The van der Waals surface area contributed by atoms with E-state index in [1.165, 1.54) is 12.1 Å². The van der Waals surface area contributed by atoms with Crippen LogP contribution in [0.15, 0.2) is 18.2 Å². The average molecular weight is 295 g/mol.